The number of benzene rings is 2. The molecular weight excluding hydrogens is 437 g/mol. The van der Waals surface area contributed by atoms with Crippen molar-refractivity contribution in [1.29, 1.82) is 0 Å². The molecule has 1 saturated heterocycles. The summed E-state index contributed by atoms with van der Waals surface area (Å²) < 4.78 is 0. The zero-order chi connectivity index (χ0) is 21.1. The average Bonchev–Trinajstić information content (AvgIpc) is 2.95. The third kappa shape index (κ3) is 4.81. The number of hydrogen-bond acceptors (Lipinski definition) is 5. The summed E-state index contributed by atoms with van der Waals surface area (Å²) in [5, 5.41) is 3.95. The quantitative estimate of drug-likeness (QED) is 0.505. The molecule has 156 valence electrons. The van der Waals surface area contributed by atoms with Crippen LogP contribution in [0.4, 0.5) is 10.7 Å². The van der Waals surface area contributed by atoms with Crippen LogP contribution in [0.25, 0.3) is 0 Å². The first-order valence-electron chi connectivity index (χ1n) is 9.90. The van der Waals surface area contributed by atoms with Gasteiger partial charge in [-0.05, 0) is 65.9 Å². The van der Waals surface area contributed by atoms with Crippen molar-refractivity contribution >= 4 is 51.0 Å². The Hall–Kier alpha value is -2.05. The van der Waals surface area contributed by atoms with Crippen LogP contribution >= 0.6 is 34.5 Å². The highest BCUT2D eigenvalue weighted by Gasteiger charge is 2.22. The summed E-state index contributed by atoms with van der Waals surface area (Å²) in [5.41, 5.74) is 9.61. The number of nitrogen functional groups attached to an aromatic ring is 1. The fourth-order valence-electron chi connectivity index (χ4n) is 3.81. The molecule has 1 aliphatic rings. The molecule has 7 heteroatoms. The van der Waals surface area contributed by atoms with Crippen LogP contribution in [0.3, 0.4) is 0 Å². The molecule has 0 atom stereocenters. The van der Waals surface area contributed by atoms with Gasteiger partial charge in [0.1, 0.15) is 0 Å². The highest BCUT2D eigenvalue weighted by atomic mass is 35.5. The fraction of sp³-hybridized carbons (Fsp3) is 0.261. The van der Waals surface area contributed by atoms with E-state index in [2.05, 4.69) is 21.9 Å². The highest BCUT2D eigenvalue weighted by Crippen LogP contribution is 2.30. The third-order valence-electron chi connectivity index (χ3n) is 5.40. The molecule has 4 rings (SSSR count). The van der Waals surface area contributed by atoms with E-state index >= 15 is 0 Å². The fourth-order valence-corrected chi connectivity index (χ4v) is 4.87. The summed E-state index contributed by atoms with van der Waals surface area (Å²) in [6.45, 7) is 4.56. The molecule has 0 unspecified atom stereocenters. The summed E-state index contributed by atoms with van der Waals surface area (Å²) in [4.78, 5) is 17.9. The lowest BCUT2D eigenvalue weighted by molar-refractivity contribution is 0.103. The second-order valence-corrected chi connectivity index (χ2v) is 9.21. The van der Waals surface area contributed by atoms with Gasteiger partial charge in [0, 0.05) is 54.0 Å². The van der Waals surface area contributed by atoms with Crippen molar-refractivity contribution in [3.63, 3.8) is 0 Å². The molecule has 2 N–H and O–H groups in total. The first-order chi connectivity index (χ1) is 14.5. The van der Waals surface area contributed by atoms with Crippen molar-refractivity contribution in [3.8, 4) is 0 Å². The van der Waals surface area contributed by atoms with Gasteiger partial charge < -0.3 is 10.6 Å². The summed E-state index contributed by atoms with van der Waals surface area (Å²) in [6, 6.07) is 15.0. The van der Waals surface area contributed by atoms with Gasteiger partial charge >= 0.3 is 0 Å². The largest absolute Gasteiger partial charge is 0.390 e. The Labute approximate surface area is 190 Å². The second kappa shape index (κ2) is 9.40. The van der Waals surface area contributed by atoms with Crippen LogP contribution < -0.4 is 10.6 Å². The normalized spacial score (nSPS) is 15.2. The van der Waals surface area contributed by atoms with E-state index in [1.54, 1.807) is 24.3 Å². The minimum Gasteiger partial charge on any atom is -0.390 e. The van der Waals surface area contributed by atoms with E-state index in [0.717, 1.165) is 49.7 Å². The Kier molecular flexibility index (Phi) is 6.64. The van der Waals surface area contributed by atoms with Crippen molar-refractivity contribution in [3.05, 3.63) is 80.6 Å². The van der Waals surface area contributed by atoms with Crippen molar-refractivity contribution in [1.82, 2.24) is 4.90 Å². The van der Waals surface area contributed by atoms with E-state index in [-0.39, 0.29) is 5.78 Å². The van der Waals surface area contributed by atoms with Crippen LogP contribution in [-0.2, 0) is 6.54 Å². The van der Waals surface area contributed by atoms with Gasteiger partial charge in [0.15, 0.2) is 5.78 Å². The van der Waals surface area contributed by atoms with Crippen LogP contribution in [0.1, 0.15) is 27.9 Å². The first kappa shape index (κ1) is 21.2. The van der Waals surface area contributed by atoms with E-state index in [4.69, 9.17) is 28.9 Å². The zero-order valence-corrected chi connectivity index (χ0v) is 18.8. The van der Waals surface area contributed by atoms with Gasteiger partial charge in [-0.25, -0.2) is 0 Å². The molecule has 1 fully saturated rings. The van der Waals surface area contributed by atoms with Gasteiger partial charge in [0.05, 0.1) is 10.6 Å². The number of ketones is 1. The Morgan fingerprint density at radius 2 is 1.60 bits per heavy atom. The van der Waals surface area contributed by atoms with Gasteiger partial charge in [0.25, 0.3) is 0 Å². The number of thiophene rings is 1. The molecule has 4 nitrogen and oxygen atoms in total. The number of hydrogen-bond donors (Lipinski definition) is 1. The molecule has 0 aliphatic carbocycles. The maximum absolute atomic E-state index is 13.1. The minimum atomic E-state index is -0.0435. The highest BCUT2D eigenvalue weighted by molar-refractivity contribution is 7.14. The number of rotatable bonds is 5. The zero-order valence-electron chi connectivity index (χ0n) is 16.5. The number of nitrogens with zero attached hydrogens (tertiary/aromatic N) is 2. The van der Waals surface area contributed by atoms with E-state index in [0.29, 0.717) is 21.2 Å². The molecule has 2 aromatic carbocycles. The molecule has 1 aliphatic heterocycles. The molecule has 0 radical (unpaired) electrons. The maximum atomic E-state index is 13.1. The lowest BCUT2D eigenvalue weighted by Gasteiger charge is -2.24. The van der Waals surface area contributed by atoms with Crippen LogP contribution in [0.5, 0.6) is 0 Å². The molecule has 0 amide bonds. The third-order valence-corrected chi connectivity index (χ3v) is 6.77. The molecule has 0 spiro atoms. The van der Waals surface area contributed by atoms with Crippen LogP contribution in [0, 0.1) is 0 Å². The van der Waals surface area contributed by atoms with Gasteiger partial charge in [0.2, 0.25) is 0 Å². The van der Waals surface area contributed by atoms with Gasteiger partial charge in [-0.3, -0.25) is 9.69 Å². The SMILES string of the molecule is Nc1scc(CN2CCCN(c3ccc(Cl)cc3)CC2)c1C(=O)c1ccc(Cl)cc1. The van der Waals surface area contributed by atoms with E-state index in [1.165, 1.54) is 17.0 Å². The van der Waals surface area contributed by atoms with Crippen LogP contribution in [0.15, 0.2) is 53.9 Å². The molecular formula is C23H23Cl2N3OS. The first-order valence-corrected chi connectivity index (χ1v) is 11.5. The van der Waals surface area contributed by atoms with Crippen molar-refractivity contribution in [2.24, 2.45) is 0 Å². The van der Waals surface area contributed by atoms with Crippen molar-refractivity contribution < 1.29 is 4.79 Å². The lowest BCUT2D eigenvalue weighted by atomic mass is 10.0. The Morgan fingerprint density at radius 3 is 2.30 bits per heavy atom. The van der Waals surface area contributed by atoms with Crippen LogP contribution in [0.2, 0.25) is 10.0 Å². The predicted molar refractivity (Wildman–Crippen MR) is 127 cm³/mol. The van der Waals surface area contributed by atoms with Crippen molar-refractivity contribution in [2.45, 2.75) is 13.0 Å². The van der Waals surface area contributed by atoms with E-state index in [1.807, 2.05) is 17.5 Å². The molecule has 2 heterocycles. The minimum absolute atomic E-state index is 0.0435. The predicted octanol–water partition coefficient (Wildman–Crippen LogP) is 5.58. The van der Waals surface area contributed by atoms with Crippen LogP contribution in [-0.4, -0.2) is 36.9 Å². The number of carbonyl (C=O) groups excluding carboxylic acids is 1. The summed E-state index contributed by atoms with van der Waals surface area (Å²) in [6.07, 6.45) is 1.06. The number of nitrogens with two attached hydrogens (primary N) is 1. The standard InChI is InChI=1S/C23H23Cl2N3OS/c24-18-4-2-16(3-5-18)22(29)21-17(15-30-23(21)26)14-27-10-1-11-28(13-12-27)20-8-6-19(25)7-9-20/h2-9,15H,1,10-14,26H2. The van der Waals surface area contributed by atoms with Gasteiger partial charge in [-0.1, -0.05) is 23.2 Å². The van der Waals surface area contributed by atoms with Gasteiger partial charge in [-0.15, -0.1) is 11.3 Å². The van der Waals surface area contributed by atoms with E-state index < -0.39 is 0 Å². The molecule has 3 aromatic rings. The van der Waals surface area contributed by atoms with Crippen molar-refractivity contribution in [2.75, 3.05) is 36.8 Å². The summed E-state index contributed by atoms with van der Waals surface area (Å²) in [7, 11) is 0. The number of carbonyl (C=O) groups is 1. The Bertz CT molecular complexity index is 1020. The second-order valence-electron chi connectivity index (χ2n) is 7.43. The maximum Gasteiger partial charge on any atom is 0.196 e. The topological polar surface area (TPSA) is 49.6 Å². The molecule has 0 bridgehead atoms. The average molecular weight is 460 g/mol. The Balaban J connectivity index is 1.46. The molecule has 0 saturated carbocycles. The number of anilines is 2. The molecule has 1 aromatic heterocycles. The monoisotopic (exact) mass is 459 g/mol. The Morgan fingerprint density at radius 1 is 0.933 bits per heavy atom. The lowest BCUT2D eigenvalue weighted by Crippen LogP contribution is -2.30. The molecule has 30 heavy (non-hydrogen) atoms. The summed E-state index contributed by atoms with van der Waals surface area (Å²) in [5.74, 6) is -0.0435. The van der Waals surface area contributed by atoms with Gasteiger partial charge in [-0.2, -0.15) is 0 Å². The smallest absolute Gasteiger partial charge is 0.196 e. The number of halogens is 2. The van der Waals surface area contributed by atoms with E-state index in [9.17, 15) is 4.79 Å². The summed E-state index contributed by atoms with van der Waals surface area (Å²) >= 11 is 13.4.